The Morgan fingerprint density at radius 1 is 1.33 bits per heavy atom. The average molecular weight is 253 g/mol. The van der Waals surface area contributed by atoms with Gasteiger partial charge in [-0.25, -0.2) is 4.79 Å². The molecule has 0 aromatic rings. The Kier molecular flexibility index (Phi) is 3.32. The Morgan fingerprint density at radius 3 is 2.61 bits per heavy atom. The second-order valence-corrected chi connectivity index (χ2v) is 5.44. The van der Waals surface area contributed by atoms with E-state index < -0.39 is 17.5 Å². The first-order chi connectivity index (χ1) is 8.52. The molecule has 0 aromatic heterocycles. The van der Waals surface area contributed by atoms with Gasteiger partial charge in [0, 0.05) is 5.54 Å². The molecule has 3 aliphatic carbocycles. The molecule has 0 atom stereocenters. The van der Waals surface area contributed by atoms with E-state index in [1.54, 1.807) is 0 Å². The van der Waals surface area contributed by atoms with Crippen molar-refractivity contribution >= 4 is 12.1 Å². The van der Waals surface area contributed by atoms with Crippen LogP contribution in [0.5, 0.6) is 0 Å². The maximum absolute atomic E-state index is 11.6. The predicted octanol–water partition coefficient (Wildman–Crippen LogP) is 2.08. The van der Waals surface area contributed by atoms with Gasteiger partial charge in [0.2, 0.25) is 0 Å². The van der Waals surface area contributed by atoms with Gasteiger partial charge < -0.3 is 15.2 Å². The number of carboxylic acids is 1. The monoisotopic (exact) mass is 253 g/mol. The van der Waals surface area contributed by atoms with E-state index in [0.717, 1.165) is 19.3 Å². The van der Waals surface area contributed by atoms with Crippen LogP contribution in [0.3, 0.4) is 0 Å². The molecule has 5 nitrogen and oxygen atoms in total. The Balaban J connectivity index is 1.98. The van der Waals surface area contributed by atoms with Crippen molar-refractivity contribution in [2.45, 2.75) is 44.1 Å². The van der Waals surface area contributed by atoms with Crippen LogP contribution in [0.2, 0.25) is 0 Å². The number of ether oxygens (including phenoxy) is 1. The van der Waals surface area contributed by atoms with Gasteiger partial charge in [0.25, 0.3) is 0 Å². The maximum atomic E-state index is 11.6. The minimum Gasteiger partial charge on any atom is -0.481 e. The molecule has 3 rings (SSSR count). The molecule has 5 heteroatoms. The summed E-state index contributed by atoms with van der Waals surface area (Å²) in [4.78, 5) is 22.9. The highest BCUT2D eigenvalue weighted by molar-refractivity contribution is 5.78. The van der Waals surface area contributed by atoms with Crippen LogP contribution in [0.15, 0.2) is 12.7 Å². The number of hydrogen-bond acceptors (Lipinski definition) is 3. The molecule has 0 saturated heterocycles. The van der Waals surface area contributed by atoms with Gasteiger partial charge in [-0.2, -0.15) is 0 Å². The van der Waals surface area contributed by atoms with Crippen molar-refractivity contribution < 1.29 is 19.4 Å². The first-order valence-corrected chi connectivity index (χ1v) is 6.31. The Bertz CT molecular complexity index is 371. The third-order valence-corrected chi connectivity index (χ3v) is 4.07. The highest BCUT2D eigenvalue weighted by Crippen LogP contribution is 2.56. The van der Waals surface area contributed by atoms with E-state index in [1.807, 2.05) is 0 Å². The summed E-state index contributed by atoms with van der Waals surface area (Å²) in [5, 5.41) is 12.1. The molecule has 0 aliphatic heterocycles. The van der Waals surface area contributed by atoms with E-state index in [4.69, 9.17) is 4.74 Å². The van der Waals surface area contributed by atoms with Gasteiger partial charge in [-0.15, -0.1) is 0 Å². The summed E-state index contributed by atoms with van der Waals surface area (Å²) in [7, 11) is 0. The summed E-state index contributed by atoms with van der Waals surface area (Å²) in [5.74, 6) is -0.735. The maximum Gasteiger partial charge on any atom is 0.407 e. The van der Waals surface area contributed by atoms with Crippen molar-refractivity contribution in [3.63, 3.8) is 0 Å². The highest BCUT2D eigenvalue weighted by atomic mass is 16.5. The summed E-state index contributed by atoms with van der Waals surface area (Å²) in [6, 6.07) is 0. The van der Waals surface area contributed by atoms with E-state index >= 15 is 0 Å². The minimum atomic E-state index is -0.735. The molecule has 2 N–H and O–H groups in total. The van der Waals surface area contributed by atoms with Gasteiger partial charge in [-0.05, 0) is 25.7 Å². The Labute approximate surface area is 106 Å². The van der Waals surface area contributed by atoms with Crippen LogP contribution in [0.25, 0.3) is 0 Å². The lowest BCUT2D eigenvalue weighted by molar-refractivity contribution is -0.160. The third kappa shape index (κ3) is 2.21. The summed E-state index contributed by atoms with van der Waals surface area (Å²) >= 11 is 0. The first kappa shape index (κ1) is 12.9. The zero-order chi connectivity index (χ0) is 13.2. The van der Waals surface area contributed by atoms with Crippen LogP contribution in [-0.4, -0.2) is 29.3 Å². The van der Waals surface area contributed by atoms with Crippen molar-refractivity contribution in [2.75, 3.05) is 6.61 Å². The lowest BCUT2D eigenvalue weighted by Gasteiger charge is -2.52. The minimum absolute atomic E-state index is 0.173. The number of carboxylic acid groups (broad SMARTS) is 1. The number of aliphatic carboxylic acids is 1. The fraction of sp³-hybridized carbons (Fsp3) is 0.692. The number of amides is 1. The number of fused-ring (bicyclic) bond motifs is 3. The largest absolute Gasteiger partial charge is 0.481 e. The van der Waals surface area contributed by atoms with Gasteiger partial charge >= 0.3 is 12.1 Å². The van der Waals surface area contributed by atoms with Gasteiger partial charge in [-0.3, -0.25) is 4.79 Å². The molecule has 0 heterocycles. The van der Waals surface area contributed by atoms with Crippen molar-refractivity contribution in [1.29, 1.82) is 0 Å². The van der Waals surface area contributed by atoms with Gasteiger partial charge in [0.05, 0.1) is 5.41 Å². The number of hydrogen-bond donors (Lipinski definition) is 2. The smallest absolute Gasteiger partial charge is 0.407 e. The second-order valence-electron chi connectivity index (χ2n) is 5.44. The Hall–Kier alpha value is -1.52. The summed E-state index contributed by atoms with van der Waals surface area (Å²) in [6.07, 6.45) is 5.51. The molecular weight excluding hydrogens is 234 g/mol. The normalized spacial score (nSPS) is 33.8. The van der Waals surface area contributed by atoms with Crippen molar-refractivity contribution in [3.8, 4) is 0 Å². The van der Waals surface area contributed by atoms with Crippen LogP contribution < -0.4 is 5.32 Å². The molecule has 0 radical (unpaired) electrons. The zero-order valence-corrected chi connectivity index (χ0v) is 10.4. The number of rotatable bonds is 4. The molecule has 0 aromatic carbocycles. The van der Waals surface area contributed by atoms with E-state index in [2.05, 4.69) is 11.9 Å². The third-order valence-electron chi connectivity index (χ3n) is 4.07. The molecule has 0 unspecified atom stereocenters. The zero-order valence-electron chi connectivity index (χ0n) is 10.4. The van der Waals surface area contributed by atoms with E-state index in [9.17, 15) is 14.7 Å². The number of alkyl carbamates (subject to hydrolysis) is 1. The van der Waals surface area contributed by atoms with E-state index in [1.165, 1.54) is 6.08 Å². The number of carbonyl (C=O) groups excluding carboxylic acids is 1. The second kappa shape index (κ2) is 4.63. The molecule has 18 heavy (non-hydrogen) atoms. The van der Waals surface area contributed by atoms with Crippen molar-refractivity contribution in [1.82, 2.24) is 5.32 Å². The quantitative estimate of drug-likeness (QED) is 0.752. The molecular formula is C13H19NO4. The average Bonchev–Trinajstić information content (AvgIpc) is 2.56. The molecule has 100 valence electrons. The van der Waals surface area contributed by atoms with Crippen LogP contribution in [0.1, 0.15) is 38.5 Å². The summed E-state index contributed by atoms with van der Waals surface area (Å²) < 4.78 is 4.90. The van der Waals surface area contributed by atoms with E-state index in [0.29, 0.717) is 19.3 Å². The van der Waals surface area contributed by atoms with Crippen LogP contribution in [0.4, 0.5) is 4.79 Å². The van der Waals surface area contributed by atoms with Gasteiger partial charge in [0.1, 0.15) is 6.61 Å². The van der Waals surface area contributed by atoms with Crippen LogP contribution in [0, 0.1) is 5.41 Å². The highest BCUT2D eigenvalue weighted by Gasteiger charge is 2.60. The fourth-order valence-electron chi connectivity index (χ4n) is 3.32. The van der Waals surface area contributed by atoms with Crippen LogP contribution in [-0.2, 0) is 9.53 Å². The molecule has 3 saturated carbocycles. The fourth-order valence-corrected chi connectivity index (χ4v) is 3.32. The molecule has 2 bridgehead atoms. The summed E-state index contributed by atoms with van der Waals surface area (Å²) in [6.45, 7) is 3.65. The van der Waals surface area contributed by atoms with Gasteiger partial charge in [-0.1, -0.05) is 25.5 Å². The number of carbonyl (C=O) groups is 2. The topological polar surface area (TPSA) is 75.6 Å². The lowest BCUT2D eigenvalue weighted by Crippen LogP contribution is -2.63. The molecule has 3 fully saturated rings. The Morgan fingerprint density at radius 2 is 2.00 bits per heavy atom. The first-order valence-electron chi connectivity index (χ1n) is 6.31. The number of nitrogens with one attached hydrogen (secondary N) is 1. The van der Waals surface area contributed by atoms with Crippen molar-refractivity contribution in [3.05, 3.63) is 12.7 Å². The molecule has 1 amide bonds. The summed E-state index contributed by atoms with van der Waals surface area (Å²) in [5.41, 5.74) is -0.991. The van der Waals surface area contributed by atoms with Crippen molar-refractivity contribution in [2.24, 2.45) is 5.41 Å². The predicted molar refractivity (Wildman–Crippen MR) is 65.2 cm³/mol. The molecule has 0 spiro atoms. The molecule has 3 aliphatic rings. The van der Waals surface area contributed by atoms with E-state index in [-0.39, 0.29) is 12.1 Å². The van der Waals surface area contributed by atoms with Gasteiger partial charge in [0.15, 0.2) is 0 Å². The standard InChI is InChI=1S/C13H19NO4/c1-2-7-18-11(17)14-13-6-4-3-5-12(8-13,9-13)10(15)16/h2H,1,3-9H2,(H,14,17)(H,15,16). The SMILES string of the molecule is C=CCOC(=O)NC12CCCCC(C(=O)O)(C1)C2. The van der Waals surface area contributed by atoms with Crippen LogP contribution >= 0.6 is 0 Å². The lowest BCUT2D eigenvalue weighted by atomic mass is 9.56.